The second-order valence-electron chi connectivity index (χ2n) is 11.0. The number of hydrogen-bond acceptors (Lipinski definition) is 12. The Morgan fingerprint density at radius 2 is 1.48 bits per heavy atom. The fraction of sp³-hybridized carbons (Fsp3) is 0.857. The first kappa shape index (κ1) is 33.9. The molecule has 2 heterocycles. The van der Waals surface area contributed by atoms with Crippen molar-refractivity contribution >= 4 is 23.9 Å². The summed E-state index contributed by atoms with van der Waals surface area (Å²) < 4.78 is 40.3. The number of methoxy groups -OCH3 is 1. The van der Waals surface area contributed by atoms with Gasteiger partial charge in [-0.1, -0.05) is 34.6 Å². The molecule has 1 N–H and O–H groups in total. The Hall–Kier alpha value is -2.28. The van der Waals surface area contributed by atoms with Crippen molar-refractivity contribution < 1.29 is 57.4 Å². The van der Waals surface area contributed by atoms with E-state index in [0.29, 0.717) is 0 Å². The minimum Gasteiger partial charge on any atom is -0.465 e. The summed E-state index contributed by atoms with van der Waals surface area (Å²) in [5.41, 5.74) is 0. The Kier molecular flexibility index (Phi) is 11.9. The van der Waals surface area contributed by atoms with Crippen LogP contribution in [0.5, 0.6) is 0 Å². The van der Waals surface area contributed by atoms with Crippen LogP contribution in [0.2, 0.25) is 0 Å². The quantitative estimate of drug-likeness (QED) is 0.300. The van der Waals surface area contributed by atoms with Crippen LogP contribution in [0, 0.1) is 23.7 Å². The molecule has 0 aromatic rings. The Morgan fingerprint density at radius 1 is 0.875 bits per heavy atom. The Labute approximate surface area is 236 Å². The van der Waals surface area contributed by atoms with E-state index >= 15 is 0 Å². The molecular formula is C28H46O12. The number of carbonyl (C=O) groups is 4. The monoisotopic (exact) mass is 574 g/mol. The second kappa shape index (κ2) is 14.1. The topological polar surface area (TPSA) is 153 Å². The summed E-state index contributed by atoms with van der Waals surface area (Å²) >= 11 is 0. The van der Waals surface area contributed by atoms with Crippen LogP contribution in [0.15, 0.2) is 0 Å². The lowest BCUT2D eigenvalue weighted by atomic mass is 9.76. The number of ether oxygens (including phenoxy) is 7. The summed E-state index contributed by atoms with van der Waals surface area (Å²) in [5, 5.41) is 10.9. The van der Waals surface area contributed by atoms with Crippen molar-refractivity contribution in [3.8, 4) is 0 Å². The van der Waals surface area contributed by atoms with Crippen LogP contribution < -0.4 is 0 Å². The molecule has 12 nitrogen and oxygen atoms in total. The van der Waals surface area contributed by atoms with E-state index in [9.17, 15) is 24.3 Å². The second-order valence-corrected chi connectivity index (χ2v) is 11.0. The van der Waals surface area contributed by atoms with Gasteiger partial charge in [0.05, 0.1) is 25.9 Å². The largest absolute Gasteiger partial charge is 0.465 e. The Balaban J connectivity index is 2.59. The summed E-state index contributed by atoms with van der Waals surface area (Å²) in [4.78, 5) is 49.7. The zero-order valence-corrected chi connectivity index (χ0v) is 25.2. The van der Waals surface area contributed by atoms with Crippen LogP contribution >= 0.6 is 0 Å². The Bertz CT molecular complexity index is 908. The van der Waals surface area contributed by atoms with Gasteiger partial charge in [0, 0.05) is 26.7 Å². The predicted molar refractivity (Wildman–Crippen MR) is 140 cm³/mol. The minimum absolute atomic E-state index is 0.0718. The summed E-state index contributed by atoms with van der Waals surface area (Å²) in [6.45, 7) is 14.4. The van der Waals surface area contributed by atoms with Gasteiger partial charge in [-0.2, -0.15) is 0 Å². The van der Waals surface area contributed by atoms with Crippen molar-refractivity contribution in [2.24, 2.45) is 23.7 Å². The van der Waals surface area contributed by atoms with Crippen molar-refractivity contribution in [1.29, 1.82) is 0 Å². The van der Waals surface area contributed by atoms with Crippen molar-refractivity contribution in [2.45, 2.75) is 117 Å². The van der Waals surface area contributed by atoms with Gasteiger partial charge in [0.15, 0.2) is 12.2 Å². The average molecular weight is 575 g/mol. The number of esters is 4. The zero-order valence-electron chi connectivity index (χ0n) is 25.2. The molecule has 0 aromatic heterocycles. The molecule has 40 heavy (non-hydrogen) atoms. The highest BCUT2D eigenvalue weighted by Crippen LogP contribution is 2.44. The van der Waals surface area contributed by atoms with Crippen molar-refractivity contribution in [1.82, 2.24) is 0 Å². The molecule has 2 rings (SSSR count). The van der Waals surface area contributed by atoms with Gasteiger partial charge >= 0.3 is 29.7 Å². The maximum absolute atomic E-state index is 13.5. The molecule has 0 radical (unpaired) electrons. The van der Waals surface area contributed by atoms with Gasteiger partial charge in [-0.25, -0.2) is 4.79 Å². The first-order valence-corrected chi connectivity index (χ1v) is 13.9. The van der Waals surface area contributed by atoms with E-state index in [1.165, 1.54) is 20.8 Å². The highest BCUT2D eigenvalue weighted by Gasteiger charge is 2.63. The van der Waals surface area contributed by atoms with Crippen molar-refractivity contribution in [3.63, 3.8) is 0 Å². The molecule has 0 spiro atoms. The van der Waals surface area contributed by atoms with E-state index in [4.69, 9.17) is 33.2 Å². The lowest BCUT2D eigenvalue weighted by molar-refractivity contribution is -0.355. The molecule has 2 aliphatic heterocycles. The molecule has 12 heteroatoms. The van der Waals surface area contributed by atoms with E-state index in [2.05, 4.69) is 0 Å². The third-order valence-corrected chi connectivity index (χ3v) is 8.33. The van der Waals surface area contributed by atoms with Crippen LogP contribution in [-0.2, 0) is 52.3 Å². The summed E-state index contributed by atoms with van der Waals surface area (Å²) in [6.07, 6.45) is -6.04. The Morgan fingerprint density at radius 3 is 1.98 bits per heavy atom. The van der Waals surface area contributed by atoms with Gasteiger partial charge in [0.1, 0.15) is 18.3 Å². The van der Waals surface area contributed by atoms with Gasteiger partial charge < -0.3 is 38.3 Å². The fourth-order valence-corrected chi connectivity index (χ4v) is 5.55. The molecule has 12 atom stereocenters. The van der Waals surface area contributed by atoms with Crippen LogP contribution in [-0.4, -0.2) is 91.2 Å². The van der Waals surface area contributed by atoms with Crippen LogP contribution in [0.4, 0.5) is 0 Å². The molecule has 230 valence electrons. The van der Waals surface area contributed by atoms with E-state index in [0.717, 1.165) is 7.11 Å². The number of hydrogen-bond donors (Lipinski definition) is 1. The van der Waals surface area contributed by atoms with Crippen molar-refractivity contribution in [3.05, 3.63) is 0 Å². The number of aliphatic hydroxyl groups is 1. The highest BCUT2D eigenvalue weighted by molar-refractivity contribution is 5.80. The standard InChI is InChI=1S/C28H46O12/c1-11-21(37-18(7)29)25(38-19(8)30)24-15(4)16(5)26(39-20(9)31)28(40-24,27(33)34-10)35-12-22-23(32)14(3)13(2)17(6)36-22/h13-17,21-26,32H,11-12H2,1-10H3/t13?,14-,15-,16+,17+,21-,22?,23-,24?,25-,26?,28-/m1/s1. The lowest BCUT2D eigenvalue weighted by Crippen LogP contribution is -2.68. The van der Waals surface area contributed by atoms with Gasteiger partial charge in [-0.15, -0.1) is 0 Å². The SMILES string of the molecule is CC[C@@H](OC(C)=O)[C@@H](OC(C)=O)C1O[C@@](OCC2O[C@@H](C)C(C)[C@@H](C)[C@H]2O)(C(=O)OC)C(OC(C)=O)[C@@H](C)[C@H]1C. The minimum atomic E-state index is -2.32. The molecule has 0 aromatic carbocycles. The summed E-state index contributed by atoms with van der Waals surface area (Å²) in [5.74, 6) is -6.37. The smallest absolute Gasteiger partial charge is 0.370 e. The molecular weight excluding hydrogens is 528 g/mol. The normalized spacial score (nSPS) is 37.5. The fourth-order valence-electron chi connectivity index (χ4n) is 5.55. The van der Waals surface area contributed by atoms with Crippen molar-refractivity contribution in [2.75, 3.05) is 13.7 Å². The molecule has 2 aliphatic rings. The third-order valence-electron chi connectivity index (χ3n) is 8.33. The molecule has 2 saturated heterocycles. The van der Waals surface area contributed by atoms with E-state index < -0.39 is 78.1 Å². The van der Waals surface area contributed by atoms with Crippen LogP contribution in [0.25, 0.3) is 0 Å². The summed E-state index contributed by atoms with van der Waals surface area (Å²) in [6, 6.07) is 0. The number of aliphatic hydroxyl groups excluding tert-OH is 1. The first-order valence-electron chi connectivity index (χ1n) is 13.9. The van der Waals surface area contributed by atoms with Gasteiger partial charge in [-0.05, 0) is 31.1 Å². The van der Waals surface area contributed by atoms with Gasteiger partial charge in [0.2, 0.25) is 0 Å². The van der Waals surface area contributed by atoms with E-state index in [-0.39, 0.29) is 31.0 Å². The lowest BCUT2D eigenvalue weighted by Gasteiger charge is -2.51. The van der Waals surface area contributed by atoms with E-state index in [1.54, 1.807) is 20.8 Å². The van der Waals surface area contributed by atoms with Crippen LogP contribution in [0.1, 0.15) is 68.7 Å². The maximum Gasteiger partial charge on any atom is 0.370 e. The molecule has 0 amide bonds. The molecule has 0 saturated carbocycles. The number of carbonyl (C=O) groups excluding carboxylic acids is 4. The van der Waals surface area contributed by atoms with Crippen LogP contribution in [0.3, 0.4) is 0 Å². The molecule has 0 bridgehead atoms. The third kappa shape index (κ3) is 7.32. The maximum atomic E-state index is 13.5. The number of rotatable bonds is 10. The first-order chi connectivity index (χ1) is 18.6. The summed E-state index contributed by atoms with van der Waals surface area (Å²) in [7, 11) is 1.13. The van der Waals surface area contributed by atoms with Gasteiger partial charge in [0.25, 0.3) is 0 Å². The van der Waals surface area contributed by atoms with Gasteiger partial charge in [-0.3, -0.25) is 14.4 Å². The zero-order chi connectivity index (χ0) is 30.5. The average Bonchev–Trinajstić information content (AvgIpc) is 2.89. The molecule has 2 fully saturated rings. The molecule has 0 aliphatic carbocycles. The highest BCUT2D eigenvalue weighted by atomic mass is 16.8. The predicted octanol–water partition coefficient (Wildman–Crippen LogP) is 2.17. The molecule has 4 unspecified atom stereocenters. The van der Waals surface area contributed by atoms with E-state index in [1.807, 2.05) is 20.8 Å².